The lowest BCUT2D eigenvalue weighted by Gasteiger charge is -2.31. The smallest absolute Gasteiger partial charge is 0.316 e. The molecule has 0 saturated carbocycles. The molecule has 6 nitrogen and oxygen atoms in total. The highest BCUT2D eigenvalue weighted by Gasteiger charge is 2.28. The van der Waals surface area contributed by atoms with Crippen LogP contribution >= 0.6 is 0 Å². The van der Waals surface area contributed by atoms with E-state index in [1.54, 1.807) is 19.5 Å². The first kappa shape index (κ1) is 18.3. The maximum atomic E-state index is 12.7. The van der Waals surface area contributed by atoms with Crippen molar-refractivity contribution in [1.82, 2.24) is 19.8 Å². The summed E-state index contributed by atoms with van der Waals surface area (Å²) in [5.41, 5.74) is 2.21. The second-order valence-electron chi connectivity index (χ2n) is 6.63. The Morgan fingerprint density at radius 2 is 1.85 bits per heavy atom. The molecule has 3 rings (SSSR count). The fourth-order valence-electron chi connectivity index (χ4n) is 3.37. The third-order valence-electron chi connectivity index (χ3n) is 4.81. The molecule has 1 atom stereocenters. The second-order valence-corrected chi connectivity index (χ2v) is 6.63. The zero-order valence-corrected chi connectivity index (χ0v) is 15.5. The third kappa shape index (κ3) is 4.58. The highest BCUT2D eigenvalue weighted by atomic mass is 16.5. The Labute approximate surface area is 154 Å². The predicted molar refractivity (Wildman–Crippen MR) is 99.5 cm³/mol. The van der Waals surface area contributed by atoms with Crippen molar-refractivity contribution in [2.45, 2.75) is 38.9 Å². The fourth-order valence-corrected chi connectivity index (χ4v) is 3.37. The number of hydrogen-bond acceptors (Lipinski definition) is 5. The maximum Gasteiger partial charge on any atom is 0.316 e. The van der Waals surface area contributed by atoms with E-state index in [4.69, 9.17) is 4.74 Å². The minimum Gasteiger partial charge on any atom is -0.467 e. The molecule has 26 heavy (non-hydrogen) atoms. The van der Waals surface area contributed by atoms with Gasteiger partial charge in [0.1, 0.15) is 0 Å². The molecule has 1 amide bonds. The minimum atomic E-state index is 0.212. The number of carbonyl (C=O) groups excluding carboxylic acids is 1. The van der Waals surface area contributed by atoms with Gasteiger partial charge in [0.25, 0.3) is 0 Å². The lowest BCUT2D eigenvalue weighted by atomic mass is 10.1. The Morgan fingerprint density at radius 1 is 1.12 bits per heavy atom. The molecular formula is C20H26N4O2. The van der Waals surface area contributed by atoms with Gasteiger partial charge in [0, 0.05) is 56.6 Å². The van der Waals surface area contributed by atoms with E-state index in [-0.39, 0.29) is 11.9 Å². The van der Waals surface area contributed by atoms with Gasteiger partial charge in [-0.05, 0) is 12.0 Å². The Balaban J connectivity index is 1.69. The zero-order chi connectivity index (χ0) is 18.4. The Bertz CT molecular complexity index is 706. The largest absolute Gasteiger partial charge is 0.467 e. The number of rotatable bonds is 6. The van der Waals surface area contributed by atoms with Crippen LogP contribution in [0.4, 0.5) is 0 Å². The normalized spacial score (nSPS) is 18.6. The van der Waals surface area contributed by atoms with Crippen molar-refractivity contribution in [3.63, 3.8) is 0 Å². The van der Waals surface area contributed by atoms with Crippen LogP contribution in [0.1, 0.15) is 30.9 Å². The third-order valence-corrected chi connectivity index (χ3v) is 4.81. The molecular weight excluding hydrogens is 328 g/mol. The summed E-state index contributed by atoms with van der Waals surface area (Å²) in [6.07, 6.45) is 5.07. The molecule has 2 heterocycles. The molecule has 1 aromatic carbocycles. The first-order chi connectivity index (χ1) is 12.7. The Kier molecular flexibility index (Phi) is 6.17. The standard InChI is InChI=1S/C20H26N4O2/c1-3-18-15-23(13-17-11-21-20(26-2)22-12-17)10-9-19(25)24(18)14-16-7-5-4-6-8-16/h4-8,11-12,18H,3,9-10,13-15H2,1-2H3/t18-/m0/s1. The summed E-state index contributed by atoms with van der Waals surface area (Å²) in [5, 5.41) is 0. The van der Waals surface area contributed by atoms with Crippen LogP contribution in [-0.2, 0) is 17.9 Å². The van der Waals surface area contributed by atoms with Crippen LogP contribution in [0.5, 0.6) is 6.01 Å². The van der Waals surface area contributed by atoms with Gasteiger partial charge in [-0.25, -0.2) is 9.97 Å². The number of hydrogen-bond donors (Lipinski definition) is 0. The molecule has 138 valence electrons. The summed E-state index contributed by atoms with van der Waals surface area (Å²) >= 11 is 0. The monoisotopic (exact) mass is 354 g/mol. The number of amides is 1. The molecule has 1 aliphatic heterocycles. The van der Waals surface area contributed by atoms with Gasteiger partial charge in [-0.3, -0.25) is 9.69 Å². The number of carbonyl (C=O) groups is 1. The first-order valence-corrected chi connectivity index (χ1v) is 9.10. The van der Waals surface area contributed by atoms with Crippen LogP contribution in [0, 0.1) is 0 Å². The summed E-state index contributed by atoms with van der Waals surface area (Å²) in [6.45, 7) is 5.19. The molecule has 6 heteroatoms. The van der Waals surface area contributed by atoms with E-state index in [0.29, 0.717) is 19.0 Å². The summed E-state index contributed by atoms with van der Waals surface area (Å²) in [4.78, 5) is 25.4. The number of nitrogens with zero attached hydrogens (tertiary/aromatic N) is 4. The Hall–Kier alpha value is -2.47. The topological polar surface area (TPSA) is 58.6 Å². The summed E-state index contributed by atoms with van der Waals surface area (Å²) in [7, 11) is 1.56. The van der Waals surface area contributed by atoms with Gasteiger partial charge < -0.3 is 9.64 Å². The van der Waals surface area contributed by atoms with Crippen molar-refractivity contribution >= 4 is 5.91 Å². The summed E-state index contributed by atoms with van der Waals surface area (Å²) in [6, 6.07) is 10.8. The van der Waals surface area contributed by atoms with E-state index in [1.165, 1.54) is 5.56 Å². The van der Waals surface area contributed by atoms with E-state index in [2.05, 4.69) is 33.9 Å². The van der Waals surface area contributed by atoms with Gasteiger partial charge in [0.15, 0.2) is 0 Å². The van der Waals surface area contributed by atoms with Gasteiger partial charge in [-0.15, -0.1) is 0 Å². The summed E-state index contributed by atoms with van der Waals surface area (Å²) < 4.78 is 5.01. The molecule has 0 spiro atoms. The number of benzene rings is 1. The average Bonchev–Trinajstić information content (AvgIpc) is 2.83. The van der Waals surface area contributed by atoms with Crippen LogP contribution in [0.3, 0.4) is 0 Å². The van der Waals surface area contributed by atoms with Crippen LogP contribution in [0.25, 0.3) is 0 Å². The highest BCUT2D eigenvalue weighted by molar-refractivity contribution is 5.77. The number of aromatic nitrogens is 2. The molecule has 1 aliphatic rings. The first-order valence-electron chi connectivity index (χ1n) is 9.10. The fraction of sp³-hybridized carbons (Fsp3) is 0.450. The average molecular weight is 354 g/mol. The van der Waals surface area contributed by atoms with Crippen molar-refractivity contribution in [1.29, 1.82) is 0 Å². The number of methoxy groups -OCH3 is 1. The Morgan fingerprint density at radius 3 is 2.50 bits per heavy atom. The molecule has 0 unspecified atom stereocenters. The zero-order valence-electron chi connectivity index (χ0n) is 15.5. The molecule has 0 aliphatic carbocycles. The maximum absolute atomic E-state index is 12.7. The van der Waals surface area contributed by atoms with Gasteiger partial charge in [0.05, 0.1) is 7.11 Å². The van der Waals surface area contributed by atoms with E-state index in [0.717, 1.165) is 31.6 Å². The molecule has 1 aromatic heterocycles. The molecule has 0 radical (unpaired) electrons. The SMILES string of the molecule is CC[C@H]1CN(Cc2cnc(OC)nc2)CCC(=O)N1Cc1ccccc1. The van der Waals surface area contributed by atoms with Crippen LogP contribution in [0.2, 0.25) is 0 Å². The van der Waals surface area contributed by atoms with E-state index >= 15 is 0 Å². The number of ether oxygens (including phenoxy) is 1. The molecule has 1 fully saturated rings. The molecule has 2 aromatic rings. The second kappa shape index (κ2) is 8.76. The highest BCUT2D eigenvalue weighted by Crippen LogP contribution is 2.19. The quantitative estimate of drug-likeness (QED) is 0.798. The summed E-state index contributed by atoms with van der Waals surface area (Å²) in [5.74, 6) is 0.231. The lowest BCUT2D eigenvalue weighted by molar-refractivity contribution is -0.133. The van der Waals surface area contributed by atoms with E-state index < -0.39 is 0 Å². The molecule has 0 N–H and O–H groups in total. The van der Waals surface area contributed by atoms with Crippen LogP contribution in [-0.4, -0.2) is 51.9 Å². The predicted octanol–water partition coefficient (Wildman–Crippen LogP) is 2.50. The molecule has 1 saturated heterocycles. The van der Waals surface area contributed by atoms with Crippen molar-refractivity contribution in [2.24, 2.45) is 0 Å². The lowest BCUT2D eigenvalue weighted by Crippen LogP contribution is -2.42. The van der Waals surface area contributed by atoms with Gasteiger partial charge >= 0.3 is 6.01 Å². The van der Waals surface area contributed by atoms with Gasteiger partial charge in [-0.2, -0.15) is 0 Å². The molecule has 0 bridgehead atoms. The van der Waals surface area contributed by atoms with Crippen LogP contribution < -0.4 is 4.74 Å². The van der Waals surface area contributed by atoms with Gasteiger partial charge in [0.2, 0.25) is 5.91 Å². The van der Waals surface area contributed by atoms with Crippen molar-refractivity contribution in [3.8, 4) is 6.01 Å². The van der Waals surface area contributed by atoms with Crippen molar-refractivity contribution in [2.75, 3.05) is 20.2 Å². The van der Waals surface area contributed by atoms with Crippen LogP contribution in [0.15, 0.2) is 42.7 Å². The minimum absolute atomic E-state index is 0.212. The van der Waals surface area contributed by atoms with Gasteiger partial charge in [-0.1, -0.05) is 37.3 Å². The van der Waals surface area contributed by atoms with E-state index in [9.17, 15) is 4.79 Å². The van der Waals surface area contributed by atoms with Crippen molar-refractivity contribution < 1.29 is 9.53 Å². The van der Waals surface area contributed by atoms with E-state index in [1.807, 2.05) is 23.1 Å². The van der Waals surface area contributed by atoms with Crippen molar-refractivity contribution in [3.05, 3.63) is 53.9 Å².